The molecule has 3 heteroatoms. The van der Waals surface area contributed by atoms with Crippen LogP contribution >= 0.6 is 22.6 Å². The fourth-order valence-corrected chi connectivity index (χ4v) is 2.19. The Morgan fingerprint density at radius 1 is 0.778 bits per heavy atom. The van der Waals surface area contributed by atoms with Crippen molar-refractivity contribution in [1.29, 1.82) is 0 Å². The summed E-state index contributed by atoms with van der Waals surface area (Å²) >= 11 is 2.31. The van der Waals surface area contributed by atoms with E-state index in [1.165, 1.54) is 21.1 Å². The quantitative estimate of drug-likeness (QED) is 0.633. The van der Waals surface area contributed by atoms with Gasteiger partial charge in [-0.2, -0.15) is 0 Å². The highest BCUT2D eigenvalue weighted by Gasteiger charge is 2.02. The van der Waals surface area contributed by atoms with Gasteiger partial charge in [0, 0.05) is 9.13 Å². The van der Waals surface area contributed by atoms with E-state index in [9.17, 15) is 0 Å². The topological polar surface area (TPSA) is 26.0 Å². The van der Waals surface area contributed by atoms with Gasteiger partial charge in [0.05, 0.1) is 6.20 Å². The van der Waals surface area contributed by atoms with Gasteiger partial charge in [0.1, 0.15) is 0 Å². The average molecular weight is 347 g/mol. The van der Waals surface area contributed by atoms with Crippen molar-refractivity contribution in [3.8, 4) is 22.5 Å². The molecule has 0 aliphatic heterocycles. The number of nitrogens with zero attached hydrogens (tertiary/aromatic N) is 1. The molecule has 3 aromatic rings. The van der Waals surface area contributed by atoms with Crippen LogP contribution in [0.15, 0.2) is 65.5 Å². The van der Waals surface area contributed by atoms with Crippen LogP contribution in [0.4, 0.5) is 0 Å². The van der Waals surface area contributed by atoms with Gasteiger partial charge in [-0.05, 0) is 45.9 Å². The minimum Gasteiger partial charge on any atom is -0.444 e. The van der Waals surface area contributed by atoms with Crippen molar-refractivity contribution in [3.63, 3.8) is 0 Å². The third-order valence-corrected chi connectivity index (χ3v) is 3.50. The molecule has 2 aromatic carbocycles. The first-order chi connectivity index (χ1) is 8.83. The summed E-state index contributed by atoms with van der Waals surface area (Å²) in [4.78, 5) is 3.92. The molecule has 0 atom stereocenters. The summed E-state index contributed by atoms with van der Waals surface area (Å²) in [6.07, 6.45) is 3.17. The second-order valence-electron chi connectivity index (χ2n) is 3.95. The highest BCUT2D eigenvalue weighted by atomic mass is 127. The van der Waals surface area contributed by atoms with Crippen LogP contribution in [0.2, 0.25) is 0 Å². The fraction of sp³-hybridized carbons (Fsp3) is 0. The predicted molar refractivity (Wildman–Crippen MR) is 80.1 cm³/mol. The molecular weight excluding hydrogens is 337 g/mol. The highest BCUT2D eigenvalue weighted by molar-refractivity contribution is 14.1. The SMILES string of the molecule is Ic1ccc(-c2ccc(-c3cnco3)cc2)cc1. The molecule has 1 aromatic heterocycles. The fourth-order valence-electron chi connectivity index (χ4n) is 1.83. The van der Waals surface area contributed by atoms with E-state index in [4.69, 9.17) is 4.42 Å². The van der Waals surface area contributed by atoms with Crippen molar-refractivity contribution >= 4 is 22.6 Å². The summed E-state index contributed by atoms with van der Waals surface area (Å²) in [5, 5.41) is 0. The molecule has 18 heavy (non-hydrogen) atoms. The Morgan fingerprint density at radius 3 is 1.89 bits per heavy atom. The van der Waals surface area contributed by atoms with Crippen LogP contribution in [0.5, 0.6) is 0 Å². The number of benzene rings is 2. The largest absolute Gasteiger partial charge is 0.444 e. The summed E-state index contributed by atoms with van der Waals surface area (Å²) < 4.78 is 6.51. The maximum Gasteiger partial charge on any atom is 0.181 e. The first-order valence-electron chi connectivity index (χ1n) is 5.58. The third kappa shape index (κ3) is 2.31. The van der Waals surface area contributed by atoms with E-state index in [-0.39, 0.29) is 0 Å². The van der Waals surface area contributed by atoms with Gasteiger partial charge >= 0.3 is 0 Å². The summed E-state index contributed by atoms with van der Waals surface area (Å²) in [5.74, 6) is 0.796. The Kier molecular flexibility index (Phi) is 3.15. The number of oxazole rings is 1. The van der Waals surface area contributed by atoms with E-state index in [1.54, 1.807) is 6.20 Å². The lowest BCUT2D eigenvalue weighted by molar-refractivity contribution is 0.572. The number of aromatic nitrogens is 1. The molecular formula is C15H10INO. The second-order valence-corrected chi connectivity index (χ2v) is 5.20. The van der Waals surface area contributed by atoms with Gasteiger partial charge in [0.2, 0.25) is 0 Å². The van der Waals surface area contributed by atoms with Crippen LogP contribution in [0.3, 0.4) is 0 Å². The third-order valence-electron chi connectivity index (χ3n) is 2.78. The van der Waals surface area contributed by atoms with E-state index < -0.39 is 0 Å². The normalized spacial score (nSPS) is 10.5. The van der Waals surface area contributed by atoms with Crippen LogP contribution in [0.25, 0.3) is 22.5 Å². The minimum absolute atomic E-state index is 0.796. The van der Waals surface area contributed by atoms with Crippen molar-refractivity contribution in [3.05, 3.63) is 64.7 Å². The van der Waals surface area contributed by atoms with Gasteiger partial charge in [-0.1, -0.05) is 36.4 Å². The molecule has 0 amide bonds. The van der Waals surface area contributed by atoms with Gasteiger partial charge < -0.3 is 4.42 Å². The Bertz CT molecular complexity index is 627. The second kappa shape index (κ2) is 4.94. The Morgan fingerprint density at radius 2 is 1.33 bits per heavy atom. The standard InChI is InChI=1S/C15H10INO/c16-14-7-5-12(6-8-14)11-1-3-13(4-2-11)15-9-17-10-18-15/h1-10H. The van der Waals surface area contributed by atoms with Crippen molar-refractivity contribution in [2.45, 2.75) is 0 Å². The van der Waals surface area contributed by atoms with Gasteiger partial charge in [-0.3, -0.25) is 0 Å². The van der Waals surface area contributed by atoms with E-state index in [0.717, 1.165) is 11.3 Å². The molecule has 0 bridgehead atoms. The molecule has 1 heterocycles. The molecule has 3 rings (SSSR count). The van der Waals surface area contributed by atoms with E-state index in [0.29, 0.717) is 0 Å². The summed E-state index contributed by atoms with van der Waals surface area (Å²) in [5.41, 5.74) is 3.47. The van der Waals surface area contributed by atoms with E-state index >= 15 is 0 Å². The van der Waals surface area contributed by atoms with Crippen LogP contribution in [-0.4, -0.2) is 4.98 Å². The monoisotopic (exact) mass is 347 g/mol. The summed E-state index contributed by atoms with van der Waals surface area (Å²) in [6, 6.07) is 16.8. The first-order valence-corrected chi connectivity index (χ1v) is 6.66. The van der Waals surface area contributed by atoms with Crippen molar-refractivity contribution in [2.75, 3.05) is 0 Å². The van der Waals surface area contributed by atoms with Gasteiger partial charge in [-0.15, -0.1) is 0 Å². The molecule has 0 saturated carbocycles. The van der Waals surface area contributed by atoms with Gasteiger partial charge in [-0.25, -0.2) is 4.98 Å². The van der Waals surface area contributed by atoms with E-state index in [1.807, 2.05) is 12.1 Å². The van der Waals surface area contributed by atoms with Gasteiger partial charge in [0.25, 0.3) is 0 Å². The van der Waals surface area contributed by atoms with Crippen molar-refractivity contribution in [1.82, 2.24) is 4.98 Å². The molecule has 0 radical (unpaired) electrons. The molecule has 0 aliphatic rings. The maximum atomic E-state index is 5.27. The van der Waals surface area contributed by atoms with Crippen LogP contribution < -0.4 is 0 Å². The number of rotatable bonds is 2. The summed E-state index contributed by atoms with van der Waals surface area (Å²) in [6.45, 7) is 0. The molecule has 0 fully saturated rings. The van der Waals surface area contributed by atoms with Crippen LogP contribution in [-0.2, 0) is 0 Å². The maximum absolute atomic E-state index is 5.27. The van der Waals surface area contributed by atoms with Crippen LogP contribution in [0, 0.1) is 3.57 Å². The zero-order chi connectivity index (χ0) is 12.4. The van der Waals surface area contributed by atoms with Crippen molar-refractivity contribution in [2.24, 2.45) is 0 Å². The Labute approximate surface area is 119 Å². The molecule has 2 nitrogen and oxygen atoms in total. The average Bonchev–Trinajstić information content (AvgIpc) is 2.94. The zero-order valence-electron chi connectivity index (χ0n) is 9.51. The molecule has 0 unspecified atom stereocenters. The number of hydrogen-bond donors (Lipinski definition) is 0. The minimum atomic E-state index is 0.796. The molecule has 0 spiro atoms. The first kappa shape index (κ1) is 11.5. The van der Waals surface area contributed by atoms with E-state index in [2.05, 4.69) is 64.0 Å². The molecule has 0 aliphatic carbocycles. The highest BCUT2D eigenvalue weighted by Crippen LogP contribution is 2.24. The number of hydrogen-bond acceptors (Lipinski definition) is 2. The van der Waals surface area contributed by atoms with Crippen molar-refractivity contribution < 1.29 is 4.42 Å². The molecule has 88 valence electrons. The molecule has 0 N–H and O–H groups in total. The smallest absolute Gasteiger partial charge is 0.181 e. The molecule has 0 saturated heterocycles. The zero-order valence-corrected chi connectivity index (χ0v) is 11.7. The Balaban J connectivity index is 1.94. The Hall–Kier alpha value is -1.62. The van der Waals surface area contributed by atoms with Crippen LogP contribution in [0.1, 0.15) is 0 Å². The lowest BCUT2D eigenvalue weighted by Crippen LogP contribution is -1.79. The number of halogens is 1. The predicted octanol–water partition coefficient (Wildman–Crippen LogP) is 4.61. The summed E-state index contributed by atoms with van der Waals surface area (Å²) in [7, 11) is 0. The lowest BCUT2D eigenvalue weighted by atomic mass is 10.0. The lowest BCUT2D eigenvalue weighted by Gasteiger charge is -2.03. The van der Waals surface area contributed by atoms with Gasteiger partial charge in [0.15, 0.2) is 12.2 Å².